The molecule has 0 heterocycles. The summed E-state index contributed by atoms with van der Waals surface area (Å²) in [4.78, 5) is 22.5. The van der Waals surface area contributed by atoms with Crippen LogP contribution in [0.15, 0.2) is 49.1 Å². The van der Waals surface area contributed by atoms with E-state index < -0.39 is 12.0 Å². The molecular formula is C15H14N2O4. The van der Waals surface area contributed by atoms with Crippen molar-refractivity contribution < 1.29 is 19.4 Å². The predicted molar refractivity (Wildman–Crippen MR) is 78.9 cm³/mol. The molecule has 6 nitrogen and oxygen atoms in total. The molecule has 0 radical (unpaired) electrons. The fraction of sp³-hybridized carbons (Fsp3) is 0.0667. The predicted octanol–water partition coefficient (Wildman–Crippen LogP) is 2.35. The Morgan fingerprint density at radius 2 is 1.90 bits per heavy atom. The van der Waals surface area contributed by atoms with E-state index >= 15 is 0 Å². The van der Waals surface area contributed by atoms with Gasteiger partial charge in [-0.1, -0.05) is 30.8 Å². The van der Waals surface area contributed by atoms with E-state index in [0.29, 0.717) is 16.5 Å². The van der Waals surface area contributed by atoms with E-state index in [1.54, 1.807) is 36.4 Å². The molecule has 0 fully saturated rings. The van der Waals surface area contributed by atoms with E-state index in [9.17, 15) is 14.7 Å². The second-order valence-corrected chi connectivity index (χ2v) is 4.12. The van der Waals surface area contributed by atoms with Crippen molar-refractivity contribution in [3.05, 3.63) is 49.1 Å². The average Bonchev–Trinajstić information content (AvgIpc) is 2.48. The number of nitrogens with one attached hydrogen (secondary N) is 2. The van der Waals surface area contributed by atoms with Crippen molar-refractivity contribution in [2.45, 2.75) is 0 Å². The van der Waals surface area contributed by atoms with Crippen LogP contribution in [0.5, 0.6) is 5.75 Å². The zero-order valence-corrected chi connectivity index (χ0v) is 11.1. The molecule has 0 aliphatic rings. The van der Waals surface area contributed by atoms with Crippen LogP contribution in [-0.2, 0) is 9.53 Å². The van der Waals surface area contributed by atoms with Crippen molar-refractivity contribution in [2.24, 2.45) is 0 Å². The first kappa shape index (κ1) is 14.4. The van der Waals surface area contributed by atoms with Gasteiger partial charge < -0.3 is 20.5 Å². The standard InChI is InChI=1S/C15H14N2O4/c1-2-14(19)21-9-16-15(20)17-12-7-3-6-11-10(12)5-4-8-13(11)18/h2-8,18H,1,9H2,(H2,16,17,20). The molecule has 2 aromatic carbocycles. The number of carbonyl (C=O) groups excluding carboxylic acids is 2. The maximum Gasteiger partial charge on any atom is 0.331 e. The van der Waals surface area contributed by atoms with Gasteiger partial charge >= 0.3 is 12.0 Å². The third-order valence-electron chi connectivity index (χ3n) is 2.76. The molecule has 0 aliphatic heterocycles. The number of aromatic hydroxyl groups is 1. The normalized spacial score (nSPS) is 9.90. The van der Waals surface area contributed by atoms with Crippen molar-refractivity contribution in [1.29, 1.82) is 0 Å². The highest BCUT2D eigenvalue weighted by Crippen LogP contribution is 2.29. The van der Waals surface area contributed by atoms with Crippen LogP contribution >= 0.6 is 0 Å². The number of benzene rings is 2. The number of esters is 1. The molecule has 0 saturated carbocycles. The number of ether oxygens (including phenoxy) is 1. The SMILES string of the molecule is C=CC(=O)OCNC(=O)Nc1cccc2c(O)cccc12. The Labute approximate surface area is 121 Å². The molecule has 0 unspecified atom stereocenters. The lowest BCUT2D eigenvalue weighted by atomic mass is 10.1. The number of phenols is 1. The summed E-state index contributed by atoms with van der Waals surface area (Å²) in [6, 6.07) is 9.69. The molecule has 0 saturated heterocycles. The summed E-state index contributed by atoms with van der Waals surface area (Å²) in [6.07, 6.45) is 1.01. The molecule has 0 atom stereocenters. The lowest BCUT2D eigenvalue weighted by molar-refractivity contribution is -0.138. The first-order valence-electron chi connectivity index (χ1n) is 6.16. The van der Waals surface area contributed by atoms with Crippen LogP contribution in [0.1, 0.15) is 0 Å². The maximum absolute atomic E-state index is 11.7. The zero-order valence-electron chi connectivity index (χ0n) is 11.1. The Morgan fingerprint density at radius 3 is 2.67 bits per heavy atom. The van der Waals surface area contributed by atoms with Gasteiger partial charge in [0.25, 0.3) is 0 Å². The van der Waals surface area contributed by atoms with Gasteiger partial charge in [0, 0.05) is 16.8 Å². The van der Waals surface area contributed by atoms with Crippen molar-refractivity contribution >= 4 is 28.5 Å². The Morgan fingerprint density at radius 1 is 1.19 bits per heavy atom. The number of anilines is 1. The van der Waals surface area contributed by atoms with Gasteiger partial charge in [-0.2, -0.15) is 0 Å². The first-order chi connectivity index (χ1) is 10.1. The minimum atomic E-state index is -0.620. The quantitative estimate of drug-likeness (QED) is 0.457. The van der Waals surface area contributed by atoms with E-state index in [1.165, 1.54) is 0 Å². The molecule has 0 aliphatic carbocycles. The molecule has 3 N–H and O–H groups in total. The molecule has 108 valence electrons. The number of rotatable bonds is 4. The minimum Gasteiger partial charge on any atom is -0.507 e. The van der Waals surface area contributed by atoms with E-state index in [-0.39, 0.29) is 12.5 Å². The summed E-state index contributed by atoms with van der Waals surface area (Å²) in [5, 5.41) is 16.1. The van der Waals surface area contributed by atoms with Crippen LogP contribution in [0.4, 0.5) is 10.5 Å². The van der Waals surface area contributed by atoms with Crippen molar-refractivity contribution in [3.63, 3.8) is 0 Å². The first-order valence-corrected chi connectivity index (χ1v) is 6.16. The highest BCUT2D eigenvalue weighted by atomic mass is 16.5. The number of hydrogen-bond acceptors (Lipinski definition) is 4. The van der Waals surface area contributed by atoms with Gasteiger partial charge in [-0.25, -0.2) is 9.59 Å². The van der Waals surface area contributed by atoms with E-state index in [1.807, 2.05) is 0 Å². The van der Waals surface area contributed by atoms with Crippen molar-refractivity contribution in [2.75, 3.05) is 12.0 Å². The van der Waals surface area contributed by atoms with Crippen LogP contribution in [0.25, 0.3) is 10.8 Å². The second kappa shape index (κ2) is 6.42. The summed E-state index contributed by atoms with van der Waals surface area (Å²) in [7, 11) is 0. The van der Waals surface area contributed by atoms with Crippen LogP contribution < -0.4 is 10.6 Å². The molecule has 21 heavy (non-hydrogen) atoms. The zero-order chi connectivity index (χ0) is 15.2. The number of amides is 2. The Kier molecular flexibility index (Phi) is 4.40. The fourth-order valence-electron chi connectivity index (χ4n) is 1.80. The highest BCUT2D eigenvalue weighted by Gasteiger charge is 2.07. The summed E-state index contributed by atoms with van der Waals surface area (Å²) in [5.74, 6) is -0.484. The Bertz CT molecular complexity index is 697. The summed E-state index contributed by atoms with van der Waals surface area (Å²) in [5.41, 5.74) is 0.538. The summed E-state index contributed by atoms with van der Waals surface area (Å²) >= 11 is 0. The topological polar surface area (TPSA) is 87.7 Å². The number of phenolic OH excluding ortho intramolecular Hbond substituents is 1. The van der Waals surface area contributed by atoms with Crippen LogP contribution in [0.3, 0.4) is 0 Å². The van der Waals surface area contributed by atoms with Gasteiger partial charge in [0.2, 0.25) is 0 Å². The highest BCUT2D eigenvalue weighted by molar-refractivity contribution is 6.03. The van der Waals surface area contributed by atoms with E-state index in [4.69, 9.17) is 0 Å². The summed E-state index contributed by atoms with van der Waals surface area (Å²) < 4.78 is 4.64. The van der Waals surface area contributed by atoms with Crippen LogP contribution in [0.2, 0.25) is 0 Å². The van der Waals surface area contributed by atoms with Crippen LogP contribution in [0, 0.1) is 0 Å². The molecule has 0 bridgehead atoms. The molecule has 2 aromatic rings. The smallest absolute Gasteiger partial charge is 0.331 e. The fourth-order valence-corrected chi connectivity index (χ4v) is 1.80. The Balaban J connectivity index is 2.06. The lowest BCUT2D eigenvalue weighted by Gasteiger charge is -2.10. The number of hydrogen-bond donors (Lipinski definition) is 3. The second-order valence-electron chi connectivity index (χ2n) is 4.12. The summed E-state index contributed by atoms with van der Waals surface area (Å²) in [6.45, 7) is 2.98. The molecule has 0 aromatic heterocycles. The molecule has 6 heteroatoms. The number of urea groups is 1. The van der Waals surface area contributed by atoms with Gasteiger partial charge in [0.15, 0.2) is 6.73 Å². The minimum absolute atomic E-state index is 0.136. The third-order valence-corrected chi connectivity index (χ3v) is 2.76. The monoisotopic (exact) mass is 286 g/mol. The van der Waals surface area contributed by atoms with E-state index in [2.05, 4.69) is 21.9 Å². The molecular weight excluding hydrogens is 272 g/mol. The van der Waals surface area contributed by atoms with E-state index in [0.717, 1.165) is 6.08 Å². The molecule has 2 rings (SSSR count). The number of fused-ring (bicyclic) bond motifs is 1. The average molecular weight is 286 g/mol. The largest absolute Gasteiger partial charge is 0.507 e. The lowest BCUT2D eigenvalue weighted by Crippen LogP contribution is -2.31. The van der Waals surface area contributed by atoms with Crippen molar-refractivity contribution in [3.8, 4) is 5.75 Å². The van der Waals surface area contributed by atoms with Gasteiger partial charge in [-0.3, -0.25) is 0 Å². The maximum atomic E-state index is 11.7. The van der Waals surface area contributed by atoms with Gasteiger partial charge in [-0.05, 0) is 12.1 Å². The third kappa shape index (κ3) is 3.50. The molecule has 2 amide bonds. The van der Waals surface area contributed by atoms with Gasteiger partial charge in [0.05, 0.1) is 5.69 Å². The van der Waals surface area contributed by atoms with Gasteiger partial charge in [0.1, 0.15) is 5.75 Å². The van der Waals surface area contributed by atoms with Crippen LogP contribution in [-0.4, -0.2) is 23.8 Å². The van der Waals surface area contributed by atoms with Crippen molar-refractivity contribution in [1.82, 2.24) is 5.32 Å². The van der Waals surface area contributed by atoms with Gasteiger partial charge in [-0.15, -0.1) is 0 Å². The Hall–Kier alpha value is -3.02. The number of carbonyl (C=O) groups is 2. The molecule has 0 spiro atoms.